The fourth-order valence-corrected chi connectivity index (χ4v) is 4.22. The van der Waals surface area contributed by atoms with Gasteiger partial charge in [-0.3, -0.25) is 9.48 Å². The van der Waals surface area contributed by atoms with Crippen LogP contribution in [0.5, 0.6) is 0 Å². The molecular formula is C25H29FN4O. The molecule has 0 atom stereocenters. The lowest BCUT2D eigenvalue weighted by Gasteiger charge is -2.34. The molecule has 162 valence electrons. The van der Waals surface area contributed by atoms with E-state index in [1.54, 1.807) is 6.07 Å². The highest BCUT2D eigenvalue weighted by Gasteiger charge is 2.23. The third kappa shape index (κ3) is 4.95. The Morgan fingerprint density at radius 3 is 2.58 bits per heavy atom. The zero-order chi connectivity index (χ0) is 22.0. The van der Waals surface area contributed by atoms with Crippen LogP contribution in [0.15, 0.2) is 48.5 Å². The largest absolute Gasteiger partial charge is 0.369 e. The molecule has 0 saturated carbocycles. The van der Waals surface area contributed by atoms with Crippen molar-refractivity contribution >= 4 is 11.6 Å². The van der Waals surface area contributed by atoms with Crippen LogP contribution in [0.4, 0.5) is 10.1 Å². The third-order valence-corrected chi connectivity index (χ3v) is 5.90. The van der Waals surface area contributed by atoms with Crippen molar-refractivity contribution in [1.29, 1.82) is 0 Å². The van der Waals surface area contributed by atoms with Gasteiger partial charge in [-0.1, -0.05) is 18.2 Å². The number of halogens is 1. The van der Waals surface area contributed by atoms with E-state index in [1.807, 2.05) is 61.9 Å². The van der Waals surface area contributed by atoms with Gasteiger partial charge in [-0.25, -0.2) is 4.39 Å². The number of amides is 1. The van der Waals surface area contributed by atoms with Crippen LogP contribution >= 0.6 is 0 Å². The van der Waals surface area contributed by atoms with E-state index in [0.29, 0.717) is 17.8 Å². The molecule has 1 saturated heterocycles. The highest BCUT2D eigenvalue weighted by Crippen LogP contribution is 2.24. The van der Waals surface area contributed by atoms with Crippen LogP contribution in [0.3, 0.4) is 0 Å². The normalized spacial score (nSPS) is 14.6. The van der Waals surface area contributed by atoms with Gasteiger partial charge in [-0.2, -0.15) is 5.10 Å². The van der Waals surface area contributed by atoms with Crippen molar-refractivity contribution in [3.05, 3.63) is 82.4 Å². The number of aromatic nitrogens is 2. The molecule has 1 amide bonds. The Balaban J connectivity index is 1.36. The van der Waals surface area contributed by atoms with E-state index in [-0.39, 0.29) is 17.8 Å². The van der Waals surface area contributed by atoms with E-state index in [0.717, 1.165) is 48.4 Å². The number of carbonyl (C=O) groups is 1. The topological polar surface area (TPSA) is 50.2 Å². The lowest BCUT2D eigenvalue weighted by molar-refractivity contribution is 0.0931. The zero-order valence-electron chi connectivity index (χ0n) is 18.4. The number of nitrogens with zero attached hydrogens (tertiary/aromatic N) is 3. The first-order valence-corrected chi connectivity index (χ1v) is 10.8. The van der Waals surface area contributed by atoms with Gasteiger partial charge in [0.25, 0.3) is 5.91 Å². The van der Waals surface area contributed by atoms with Crippen molar-refractivity contribution in [3.8, 4) is 0 Å². The number of carbonyl (C=O) groups excluding carboxylic acids is 1. The van der Waals surface area contributed by atoms with Crippen LogP contribution in [0.2, 0.25) is 0 Å². The van der Waals surface area contributed by atoms with E-state index < -0.39 is 0 Å². The van der Waals surface area contributed by atoms with E-state index in [2.05, 4.69) is 15.3 Å². The summed E-state index contributed by atoms with van der Waals surface area (Å²) >= 11 is 0. The molecule has 4 rings (SSSR count). The minimum Gasteiger partial charge on any atom is -0.369 e. The molecule has 2 aromatic carbocycles. The van der Waals surface area contributed by atoms with Crippen LogP contribution in [0.1, 0.15) is 45.7 Å². The van der Waals surface area contributed by atoms with Crippen LogP contribution in [0, 0.1) is 26.6 Å². The summed E-state index contributed by atoms with van der Waals surface area (Å²) in [7, 11) is 0. The first-order chi connectivity index (χ1) is 14.9. The summed E-state index contributed by atoms with van der Waals surface area (Å²) in [5.74, 6) is -0.247. The predicted octanol–water partition coefficient (Wildman–Crippen LogP) is 4.39. The molecule has 1 aliphatic heterocycles. The molecule has 3 aromatic rings. The Kier molecular flexibility index (Phi) is 6.07. The summed E-state index contributed by atoms with van der Waals surface area (Å²) in [6.07, 6.45) is 1.59. The van der Waals surface area contributed by atoms with Crippen LogP contribution < -0.4 is 10.2 Å². The van der Waals surface area contributed by atoms with Crippen molar-refractivity contribution in [2.75, 3.05) is 18.0 Å². The van der Waals surface area contributed by atoms with Gasteiger partial charge in [0.1, 0.15) is 5.82 Å². The molecule has 0 unspecified atom stereocenters. The summed E-state index contributed by atoms with van der Waals surface area (Å²) in [5.41, 5.74) is 5.50. The van der Waals surface area contributed by atoms with E-state index >= 15 is 0 Å². The monoisotopic (exact) mass is 420 g/mol. The Labute approximate surface area is 182 Å². The molecule has 2 heterocycles. The van der Waals surface area contributed by atoms with Gasteiger partial charge in [0.2, 0.25) is 0 Å². The van der Waals surface area contributed by atoms with Crippen molar-refractivity contribution in [1.82, 2.24) is 15.1 Å². The fraction of sp³-hybridized carbons (Fsp3) is 0.360. The first-order valence-electron chi connectivity index (χ1n) is 10.8. The molecule has 31 heavy (non-hydrogen) atoms. The highest BCUT2D eigenvalue weighted by atomic mass is 19.1. The highest BCUT2D eigenvalue weighted by molar-refractivity contribution is 5.94. The van der Waals surface area contributed by atoms with E-state index in [1.165, 1.54) is 6.07 Å². The van der Waals surface area contributed by atoms with Crippen molar-refractivity contribution in [2.45, 2.75) is 46.2 Å². The van der Waals surface area contributed by atoms with Crippen molar-refractivity contribution in [3.63, 3.8) is 0 Å². The van der Waals surface area contributed by atoms with Crippen LogP contribution in [-0.4, -0.2) is 34.8 Å². The molecule has 6 heteroatoms. The number of benzene rings is 2. The summed E-state index contributed by atoms with van der Waals surface area (Å²) in [5, 5.41) is 7.66. The van der Waals surface area contributed by atoms with E-state index in [4.69, 9.17) is 0 Å². The first kappa shape index (κ1) is 21.1. The van der Waals surface area contributed by atoms with Crippen LogP contribution in [0.25, 0.3) is 0 Å². The molecule has 1 aromatic heterocycles. The Bertz CT molecular complexity index is 1080. The number of nitrogens with one attached hydrogen (secondary N) is 1. The summed E-state index contributed by atoms with van der Waals surface area (Å²) in [4.78, 5) is 14.9. The van der Waals surface area contributed by atoms with Gasteiger partial charge < -0.3 is 10.2 Å². The molecule has 0 spiro atoms. The van der Waals surface area contributed by atoms with Crippen molar-refractivity contribution < 1.29 is 9.18 Å². The quantitative estimate of drug-likeness (QED) is 0.666. The van der Waals surface area contributed by atoms with Gasteiger partial charge in [0.15, 0.2) is 0 Å². The number of piperidine rings is 1. The van der Waals surface area contributed by atoms with Gasteiger partial charge in [-0.05, 0) is 75.1 Å². The Hall–Kier alpha value is -3.15. The van der Waals surface area contributed by atoms with Crippen LogP contribution in [-0.2, 0) is 6.54 Å². The predicted molar refractivity (Wildman–Crippen MR) is 121 cm³/mol. The Morgan fingerprint density at radius 1 is 1.10 bits per heavy atom. The molecule has 0 aliphatic carbocycles. The van der Waals surface area contributed by atoms with Crippen molar-refractivity contribution in [2.24, 2.45) is 0 Å². The second-order valence-corrected chi connectivity index (χ2v) is 8.47. The second-order valence-electron chi connectivity index (χ2n) is 8.47. The van der Waals surface area contributed by atoms with Gasteiger partial charge in [-0.15, -0.1) is 0 Å². The maximum absolute atomic E-state index is 14.2. The number of hydrogen-bond donors (Lipinski definition) is 1. The molecular weight excluding hydrogens is 391 g/mol. The van der Waals surface area contributed by atoms with Gasteiger partial charge in [0.05, 0.1) is 17.9 Å². The third-order valence-electron chi connectivity index (χ3n) is 5.90. The standard InChI is InChI=1S/C25H29FN4O/c1-17-7-8-23(26)24(13-17)29-11-9-22(10-12-29)27-25(31)21-6-4-5-20(15-21)16-30-19(3)14-18(2)28-30/h4-8,13-15,22H,9-12,16H2,1-3H3,(H,27,31). The second kappa shape index (κ2) is 8.92. The summed E-state index contributed by atoms with van der Waals surface area (Å²) in [6.45, 7) is 8.07. The number of anilines is 1. The smallest absolute Gasteiger partial charge is 0.251 e. The van der Waals surface area contributed by atoms with E-state index in [9.17, 15) is 9.18 Å². The molecule has 0 radical (unpaired) electrons. The SMILES string of the molecule is Cc1ccc(F)c(N2CCC(NC(=O)c3cccc(Cn4nc(C)cc4C)c3)CC2)c1. The average Bonchev–Trinajstić information content (AvgIpc) is 3.07. The maximum atomic E-state index is 14.2. The van der Waals surface area contributed by atoms with Gasteiger partial charge in [0, 0.05) is 30.4 Å². The summed E-state index contributed by atoms with van der Waals surface area (Å²) in [6, 6.07) is 15.1. The molecule has 0 bridgehead atoms. The molecule has 1 N–H and O–H groups in total. The molecule has 5 nitrogen and oxygen atoms in total. The maximum Gasteiger partial charge on any atom is 0.251 e. The lowest BCUT2D eigenvalue weighted by Crippen LogP contribution is -2.45. The lowest BCUT2D eigenvalue weighted by atomic mass is 10.0. The minimum absolute atomic E-state index is 0.0598. The number of rotatable bonds is 5. The fourth-order valence-electron chi connectivity index (χ4n) is 4.22. The molecule has 1 fully saturated rings. The summed E-state index contributed by atoms with van der Waals surface area (Å²) < 4.78 is 16.1. The minimum atomic E-state index is -0.187. The molecule has 1 aliphatic rings. The number of hydrogen-bond acceptors (Lipinski definition) is 3. The number of aryl methyl sites for hydroxylation is 3. The average molecular weight is 421 g/mol. The Morgan fingerprint density at radius 2 is 1.87 bits per heavy atom. The zero-order valence-corrected chi connectivity index (χ0v) is 18.4. The van der Waals surface area contributed by atoms with Gasteiger partial charge >= 0.3 is 0 Å².